The van der Waals surface area contributed by atoms with Crippen molar-refractivity contribution in [2.75, 3.05) is 7.11 Å². The quantitative estimate of drug-likeness (QED) is 0.280. The van der Waals surface area contributed by atoms with E-state index in [4.69, 9.17) is 10.1 Å². The van der Waals surface area contributed by atoms with E-state index in [1.165, 1.54) is 6.21 Å². The molecule has 0 heterocycles. The highest BCUT2D eigenvalue weighted by atomic mass is 16.5. The average Bonchev–Trinajstić information content (AvgIpc) is 2.05. The van der Waals surface area contributed by atoms with E-state index in [1.54, 1.807) is 7.11 Å². The minimum Gasteiger partial charge on any atom is -0.497 e. The summed E-state index contributed by atoms with van der Waals surface area (Å²) in [6, 6.07) is 0. The summed E-state index contributed by atoms with van der Waals surface area (Å²) < 4.78 is 5.00. The molecular formula is C9H15NO. The molecule has 0 aliphatic heterocycles. The summed E-state index contributed by atoms with van der Waals surface area (Å²) in [6.07, 6.45) is 8.95. The molecule has 0 atom stereocenters. The number of rotatable bonds is 5. The second-order valence-electron chi connectivity index (χ2n) is 2.08. The van der Waals surface area contributed by atoms with Crippen molar-refractivity contribution in [1.82, 2.24) is 0 Å². The first-order chi connectivity index (χ1) is 5.35. The molecule has 0 aliphatic carbocycles. The van der Waals surface area contributed by atoms with Gasteiger partial charge >= 0.3 is 0 Å². The first kappa shape index (κ1) is 9.95. The van der Waals surface area contributed by atoms with Gasteiger partial charge in [-0.25, -0.2) is 0 Å². The smallest absolute Gasteiger partial charge is 0.114 e. The Kier molecular flexibility index (Phi) is 6.39. The molecule has 2 heteroatoms. The summed E-state index contributed by atoms with van der Waals surface area (Å²) in [4.78, 5) is 0. The third-order valence-electron chi connectivity index (χ3n) is 1.28. The molecular weight excluding hydrogens is 138 g/mol. The number of ether oxygens (including phenoxy) is 1. The van der Waals surface area contributed by atoms with Crippen LogP contribution in [0.5, 0.6) is 0 Å². The van der Waals surface area contributed by atoms with Crippen LogP contribution in [0.4, 0.5) is 0 Å². The predicted molar refractivity (Wildman–Crippen MR) is 47.9 cm³/mol. The van der Waals surface area contributed by atoms with E-state index in [0.717, 1.165) is 18.6 Å². The number of methoxy groups -OCH3 is 1. The van der Waals surface area contributed by atoms with Gasteiger partial charge in [0.25, 0.3) is 0 Å². The minimum atomic E-state index is 0.803. The van der Waals surface area contributed by atoms with Crippen LogP contribution in [0.2, 0.25) is 0 Å². The molecule has 0 aliphatic rings. The first-order valence-electron chi connectivity index (χ1n) is 3.71. The Bertz CT molecular complexity index is 159. The Labute approximate surface area is 68.1 Å². The van der Waals surface area contributed by atoms with Gasteiger partial charge in [0.05, 0.1) is 7.11 Å². The number of unbranched alkanes of at least 4 members (excludes halogenated alkanes) is 1. The van der Waals surface area contributed by atoms with Gasteiger partial charge in [-0.05, 0) is 38.1 Å². The number of hydrogen-bond donors (Lipinski definition) is 1. The largest absolute Gasteiger partial charge is 0.497 e. The average molecular weight is 153 g/mol. The Morgan fingerprint density at radius 3 is 2.64 bits per heavy atom. The highest BCUT2D eigenvalue weighted by Crippen LogP contribution is 1.98. The zero-order valence-electron chi connectivity index (χ0n) is 7.13. The van der Waals surface area contributed by atoms with E-state index >= 15 is 0 Å². The monoisotopic (exact) mass is 153 g/mol. The Morgan fingerprint density at radius 2 is 2.18 bits per heavy atom. The zero-order chi connectivity index (χ0) is 8.53. The highest BCUT2D eigenvalue weighted by Gasteiger charge is 1.83. The van der Waals surface area contributed by atoms with E-state index in [9.17, 15) is 0 Å². The van der Waals surface area contributed by atoms with Gasteiger partial charge in [-0.3, -0.25) is 0 Å². The molecule has 0 aromatic carbocycles. The Hall–Kier alpha value is -1.05. The van der Waals surface area contributed by atoms with Crippen molar-refractivity contribution in [3.05, 3.63) is 24.0 Å². The molecule has 11 heavy (non-hydrogen) atoms. The van der Waals surface area contributed by atoms with Gasteiger partial charge in [0.15, 0.2) is 0 Å². The Balaban J connectivity index is 3.62. The second kappa shape index (κ2) is 7.06. The molecule has 0 radical (unpaired) electrons. The predicted octanol–water partition coefficient (Wildman–Crippen LogP) is 2.52. The van der Waals surface area contributed by atoms with Crippen molar-refractivity contribution in [3.8, 4) is 0 Å². The topological polar surface area (TPSA) is 33.1 Å². The zero-order valence-corrected chi connectivity index (χ0v) is 7.13. The lowest BCUT2D eigenvalue weighted by Gasteiger charge is -1.96. The fourth-order valence-electron chi connectivity index (χ4n) is 0.661. The highest BCUT2D eigenvalue weighted by molar-refractivity contribution is 5.52. The van der Waals surface area contributed by atoms with Crippen molar-refractivity contribution in [2.45, 2.75) is 19.8 Å². The summed E-state index contributed by atoms with van der Waals surface area (Å²) in [6.45, 7) is 1.93. The molecule has 0 rings (SSSR count). The van der Waals surface area contributed by atoms with E-state index in [2.05, 4.69) is 0 Å². The number of nitrogens with one attached hydrogen (secondary N) is 1. The summed E-state index contributed by atoms with van der Waals surface area (Å²) in [5.41, 5.74) is 0. The summed E-state index contributed by atoms with van der Waals surface area (Å²) in [7, 11) is 1.65. The van der Waals surface area contributed by atoms with Gasteiger partial charge < -0.3 is 10.1 Å². The van der Waals surface area contributed by atoms with Crippen LogP contribution in [0.1, 0.15) is 19.8 Å². The van der Waals surface area contributed by atoms with Crippen LogP contribution < -0.4 is 0 Å². The standard InChI is InChI=1S/C9H15NO/c1-3-9(11-2)7-5-4-6-8-10/h3,5,7-8,10H,4,6H2,1-2H3. The normalized spacial score (nSPS) is 12.0. The third-order valence-corrected chi connectivity index (χ3v) is 1.28. The SMILES string of the molecule is CC=C(C=CCCC=N)OC. The maximum atomic E-state index is 6.77. The van der Waals surface area contributed by atoms with E-state index in [1.807, 2.05) is 25.2 Å². The lowest BCUT2D eigenvalue weighted by Crippen LogP contribution is -1.79. The van der Waals surface area contributed by atoms with Crippen LogP contribution in [0.3, 0.4) is 0 Å². The number of allylic oxidation sites excluding steroid dienone is 3. The van der Waals surface area contributed by atoms with E-state index < -0.39 is 0 Å². The van der Waals surface area contributed by atoms with Gasteiger partial charge in [0, 0.05) is 0 Å². The van der Waals surface area contributed by atoms with Gasteiger partial charge in [0.1, 0.15) is 5.76 Å². The van der Waals surface area contributed by atoms with Crippen LogP contribution >= 0.6 is 0 Å². The van der Waals surface area contributed by atoms with Crippen molar-refractivity contribution in [1.29, 1.82) is 5.41 Å². The first-order valence-corrected chi connectivity index (χ1v) is 3.71. The molecule has 0 fully saturated rings. The van der Waals surface area contributed by atoms with Crippen LogP contribution in [-0.2, 0) is 4.74 Å². The summed E-state index contributed by atoms with van der Waals surface area (Å²) >= 11 is 0. The number of hydrogen-bond acceptors (Lipinski definition) is 2. The molecule has 0 saturated carbocycles. The molecule has 0 amide bonds. The van der Waals surface area contributed by atoms with Crippen molar-refractivity contribution >= 4 is 6.21 Å². The Morgan fingerprint density at radius 1 is 1.45 bits per heavy atom. The maximum Gasteiger partial charge on any atom is 0.114 e. The molecule has 2 nitrogen and oxygen atoms in total. The molecule has 0 aromatic heterocycles. The lowest BCUT2D eigenvalue weighted by atomic mass is 10.3. The van der Waals surface area contributed by atoms with Gasteiger partial charge in [-0.15, -0.1) is 0 Å². The molecule has 0 spiro atoms. The van der Waals surface area contributed by atoms with E-state index in [0.29, 0.717) is 0 Å². The fourth-order valence-corrected chi connectivity index (χ4v) is 0.661. The van der Waals surface area contributed by atoms with Gasteiger partial charge in [-0.2, -0.15) is 0 Å². The fraction of sp³-hybridized carbons (Fsp3) is 0.444. The van der Waals surface area contributed by atoms with Crippen molar-refractivity contribution in [3.63, 3.8) is 0 Å². The molecule has 0 saturated heterocycles. The molecule has 0 unspecified atom stereocenters. The third kappa shape index (κ3) is 5.40. The molecule has 0 aromatic rings. The second-order valence-corrected chi connectivity index (χ2v) is 2.08. The van der Waals surface area contributed by atoms with Gasteiger partial charge in [-0.1, -0.05) is 6.08 Å². The van der Waals surface area contributed by atoms with Crippen LogP contribution in [0.25, 0.3) is 0 Å². The van der Waals surface area contributed by atoms with Gasteiger partial charge in [0.2, 0.25) is 0 Å². The van der Waals surface area contributed by atoms with Crippen LogP contribution in [0.15, 0.2) is 24.0 Å². The lowest BCUT2D eigenvalue weighted by molar-refractivity contribution is 0.306. The summed E-state index contributed by atoms with van der Waals surface area (Å²) in [5.74, 6) is 0.870. The van der Waals surface area contributed by atoms with Crippen molar-refractivity contribution in [2.24, 2.45) is 0 Å². The molecule has 62 valence electrons. The molecule has 0 bridgehead atoms. The van der Waals surface area contributed by atoms with E-state index in [-0.39, 0.29) is 0 Å². The van der Waals surface area contributed by atoms with Crippen LogP contribution in [-0.4, -0.2) is 13.3 Å². The molecule has 1 N–H and O–H groups in total. The van der Waals surface area contributed by atoms with Crippen molar-refractivity contribution < 1.29 is 4.74 Å². The summed E-state index contributed by atoms with van der Waals surface area (Å²) in [5, 5.41) is 6.77. The minimum absolute atomic E-state index is 0.803. The maximum absolute atomic E-state index is 6.77. The van der Waals surface area contributed by atoms with Crippen LogP contribution in [0, 0.1) is 5.41 Å².